The minimum Gasteiger partial charge on any atom is -0.475 e. The summed E-state index contributed by atoms with van der Waals surface area (Å²) in [7, 11) is 1.67. The van der Waals surface area contributed by atoms with E-state index in [1.165, 1.54) is 4.88 Å². The van der Waals surface area contributed by atoms with Crippen molar-refractivity contribution in [2.24, 2.45) is 0 Å². The summed E-state index contributed by atoms with van der Waals surface area (Å²) in [5.74, 6) is -2.76. The molecular weight excluding hydrogens is 421 g/mol. The molecule has 0 amide bonds. The van der Waals surface area contributed by atoms with Gasteiger partial charge in [0.1, 0.15) is 5.69 Å². The molecular formula is C16H20ClF3N4O3S. The average molecular weight is 441 g/mol. The first-order valence-corrected chi connectivity index (χ1v) is 9.54. The fourth-order valence-electron chi connectivity index (χ4n) is 2.70. The van der Waals surface area contributed by atoms with Crippen LogP contribution in [-0.2, 0) is 22.7 Å². The Bertz CT molecular complexity index is 760. The van der Waals surface area contributed by atoms with Gasteiger partial charge in [-0.25, -0.2) is 9.48 Å². The summed E-state index contributed by atoms with van der Waals surface area (Å²) in [5, 5.41) is 15.5. The second-order valence-corrected chi connectivity index (χ2v) is 7.94. The van der Waals surface area contributed by atoms with Crippen LogP contribution in [0.3, 0.4) is 0 Å². The fourth-order valence-corrected chi connectivity index (χ4v) is 3.84. The van der Waals surface area contributed by atoms with Gasteiger partial charge in [-0.2, -0.15) is 13.2 Å². The Morgan fingerprint density at radius 3 is 2.54 bits per heavy atom. The molecule has 1 N–H and O–H groups in total. The molecule has 0 atom stereocenters. The Labute approximate surface area is 168 Å². The van der Waals surface area contributed by atoms with E-state index in [1.54, 1.807) is 18.4 Å². The summed E-state index contributed by atoms with van der Waals surface area (Å²) in [6, 6.07) is 4.54. The molecule has 3 rings (SSSR count). The summed E-state index contributed by atoms with van der Waals surface area (Å²) in [5.41, 5.74) is 0.896. The molecule has 1 aliphatic rings. The highest BCUT2D eigenvalue weighted by Gasteiger charge is 2.38. The van der Waals surface area contributed by atoms with Crippen molar-refractivity contribution in [3.8, 4) is 0 Å². The first-order chi connectivity index (χ1) is 13.2. The van der Waals surface area contributed by atoms with Crippen molar-refractivity contribution < 1.29 is 27.8 Å². The highest BCUT2D eigenvalue weighted by atomic mass is 35.5. The summed E-state index contributed by atoms with van der Waals surface area (Å²) >= 11 is 7.65. The van der Waals surface area contributed by atoms with E-state index in [4.69, 9.17) is 26.2 Å². The molecule has 0 radical (unpaired) electrons. The lowest BCUT2D eigenvalue weighted by Crippen LogP contribution is -2.34. The van der Waals surface area contributed by atoms with Crippen molar-refractivity contribution >= 4 is 28.9 Å². The monoisotopic (exact) mass is 440 g/mol. The lowest BCUT2D eigenvalue weighted by Gasteiger charge is -2.31. The number of rotatable bonds is 5. The third-order valence-electron chi connectivity index (χ3n) is 4.03. The lowest BCUT2D eigenvalue weighted by molar-refractivity contribution is -0.192. The molecule has 1 fully saturated rings. The Morgan fingerprint density at radius 1 is 1.39 bits per heavy atom. The number of halogens is 4. The molecule has 0 unspecified atom stereocenters. The molecule has 0 aliphatic carbocycles. The quantitative estimate of drug-likeness (QED) is 0.765. The Balaban J connectivity index is 0.000000345. The van der Waals surface area contributed by atoms with Crippen molar-refractivity contribution in [1.82, 2.24) is 19.9 Å². The number of alkyl halides is 3. The predicted molar refractivity (Wildman–Crippen MR) is 97.3 cm³/mol. The van der Waals surface area contributed by atoms with Crippen LogP contribution >= 0.6 is 22.9 Å². The maximum atomic E-state index is 10.6. The van der Waals surface area contributed by atoms with Crippen molar-refractivity contribution in [3.63, 3.8) is 0 Å². The van der Waals surface area contributed by atoms with Gasteiger partial charge in [0.25, 0.3) is 0 Å². The largest absolute Gasteiger partial charge is 0.490 e. The first kappa shape index (κ1) is 22.6. The molecule has 0 aromatic carbocycles. The zero-order valence-electron chi connectivity index (χ0n) is 15.0. The van der Waals surface area contributed by atoms with E-state index >= 15 is 0 Å². The first-order valence-electron chi connectivity index (χ1n) is 8.35. The molecule has 7 nitrogen and oxygen atoms in total. The van der Waals surface area contributed by atoms with Crippen LogP contribution in [0.4, 0.5) is 13.2 Å². The van der Waals surface area contributed by atoms with Gasteiger partial charge in [-0.1, -0.05) is 16.8 Å². The van der Waals surface area contributed by atoms with Gasteiger partial charge >= 0.3 is 12.1 Å². The van der Waals surface area contributed by atoms with Gasteiger partial charge in [-0.05, 0) is 25.0 Å². The van der Waals surface area contributed by atoms with Gasteiger partial charge in [0.15, 0.2) is 0 Å². The molecule has 1 aliphatic heterocycles. The Kier molecular flexibility index (Phi) is 8.23. The van der Waals surface area contributed by atoms with Gasteiger partial charge in [0.2, 0.25) is 0 Å². The van der Waals surface area contributed by atoms with Gasteiger partial charge in [0, 0.05) is 31.6 Å². The van der Waals surface area contributed by atoms with Crippen LogP contribution in [0.25, 0.3) is 0 Å². The predicted octanol–water partition coefficient (Wildman–Crippen LogP) is 3.61. The summed E-state index contributed by atoms with van der Waals surface area (Å²) in [4.78, 5) is 12.7. The number of ether oxygens (including phenoxy) is 1. The Hall–Kier alpha value is -1.69. The van der Waals surface area contributed by atoms with Crippen LogP contribution in [0.2, 0.25) is 4.34 Å². The molecule has 1 saturated heterocycles. The number of nitrogens with zero attached hydrogens (tertiary/aromatic N) is 4. The number of aromatic nitrogens is 3. The molecule has 0 bridgehead atoms. The van der Waals surface area contributed by atoms with E-state index in [-0.39, 0.29) is 0 Å². The summed E-state index contributed by atoms with van der Waals surface area (Å²) in [6.07, 6.45) is -0.868. The van der Waals surface area contributed by atoms with E-state index in [9.17, 15) is 13.2 Å². The molecule has 0 spiro atoms. The van der Waals surface area contributed by atoms with Crippen LogP contribution in [0.15, 0.2) is 18.3 Å². The second-order valence-electron chi connectivity index (χ2n) is 6.14. The van der Waals surface area contributed by atoms with E-state index in [2.05, 4.69) is 21.3 Å². The minimum absolute atomic E-state index is 0.450. The zero-order chi connectivity index (χ0) is 20.7. The third-order valence-corrected chi connectivity index (χ3v) is 5.25. The van der Waals surface area contributed by atoms with Crippen molar-refractivity contribution in [3.05, 3.63) is 33.2 Å². The molecule has 156 valence electrons. The standard InChI is InChI=1S/C14H19ClN4OS.C2HF3O2/c1-20-10-11-8-19(17-16-11)12-4-6-18(7-5-12)9-13-2-3-14(15)21-13;3-2(4,5)1(6)7/h2-3,8,12H,4-7,9-10H2,1H3;(H,6,7). The number of likely N-dealkylation sites (tertiary alicyclic amines) is 1. The number of aliphatic carboxylic acids is 1. The summed E-state index contributed by atoms with van der Waals surface area (Å²) in [6.45, 7) is 3.69. The van der Waals surface area contributed by atoms with Crippen molar-refractivity contribution in [1.29, 1.82) is 0 Å². The third kappa shape index (κ3) is 7.04. The number of hydrogen-bond acceptors (Lipinski definition) is 6. The van der Waals surface area contributed by atoms with E-state index in [0.29, 0.717) is 12.6 Å². The minimum atomic E-state index is -5.08. The number of thiophene rings is 1. The molecule has 12 heteroatoms. The Morgan fingerprint density at radius 2 is 2.04 bits per heavy atom. The van der Waals surface area contributed by atoms with E-state index in [0.717, 1.165) is 42.5 Å². The van der Waals surface area contributed by atoms with Crippen molar-refractivity contribution in [2.45, 2.75) is 38.2 Å². The number of methoxy groups -OCH3 is 1. The maximum absolute atomic E-state index is 10.6. The van der Waals surface area contributed by atoms with Crippen LogP contribution < -0.4 is 0 Å². The topological polar surface area (TPSA) is 80.5 Å². The number of carboxylic acids is 1. The number of hydrogen-bond donors (Lipinski definition) is 1. The lowest BCUT2D eigenvalue weighted by atomic mass is 10.1. The number of piperidine rings is 1. The van der Waals surface area contributed by atoms with Crippen LogP contribution in [-0.4, -0.2) is 57.3 Å². The fraction of sp³-hybridized carbons (Fsp3) is 0.562. The van der Waals surface area contributed by atoms with Gasteiger partial charge in [-0.15, -0.1) is 16.4 Å². The smallest absolute Gasteiger partial charge is 0.475 e. The number of carboxylic acid groups (broad SMARTS) is 1. The van der Waals surface area contributed by atoms with Gasteiger partial charge in [-0.3, -0.25) is 4.90 Å². The second kappa shape index (κ2) is 10.2. The zero-order valence-corrected chi connectivity index (χ0v) is 16.6. The van der Waals surface area contributed by atoms with Crippen LogP contribution in [0, 0.1) is 0 Å². The van der Waals surface area contributed by atoms with E-state index < -0.39 is 12.1 Å². The highest BCUT2D eigenvalue weighted by Crippen LogP contribution is 2.26. The molecule has 0 saturated carbocycles. The normalized spacial score (nSPS) is 15.9. The average Bonchev–Trinajstić information content (AvgIpc) is 3.25. The van der Waals surface area contributed by atoms with Crippen molar-refractivity contribution in [2.75, 3.05) is 20.2 Å². The number of carbonyl (C=O) groups is 1. The van der Waals surface area contributed by atoms with Crippen LogP contribution in [0.1, 0.15) is 29.5 Å². The maximum Gasteiger partial charge on any atom is 0.490 e. The summed E-state index contributed by atoms with van der Waals surface area (Å²) < 4.78 is 39.7. The SMILES string of the molecule is COCc1cn(C2CCN(Cc3ccc(Cl)s3)CC2)nn1.O=C(O)C(F)(F)F. The van der Waals surface area contributed by atoms with Gasteiger partial charge < -0.3 is 9.84 Å². The molecule has 3 heterocycles. The van der Waals surface area contributed by atoms with Crippen LogP contribution in [0.5, 0.6) is 0 Å². The molecule has 2 aromatic rings. The molecule has 28 heavy (non-hydrogen) atoms. The highest BCUT2D eigenvalue weighted by molar-refractivity contribution is 7.16. The van der Waals surface area contributed by atoms with E-state index in [1.807, 2.05) is 16.9 Å². The van der Waals surface area contributed by atoms with Gasteiger partial charge in [0.05, 0.1) is 23.2 Å². The molecule has 2 aromatic heterocycles.